The van der Waals surface area contributed by atoms with Crippen molar-refractivity contribution in [3.05, 3.63) is 58.9 Å². The summed E-state index contributed by atoms with van der Waals surface area (Å²) in [5.41, 5.74) is 1.21. The predicted molar refractivity (Wildman–Crippen MR) is 106 cm³/mol. The third-order valence-electron chi connectivity index (χ3n) is 5.75. The first kappa shape index (κ1) is 20.5. The van der Waals surface area contributed by atoms with Crippen LogP contribution < -0.4 is 15.4 Å². The molecule has 2 atom stereocenters. The fourth-order valence-electron chi connectivity index (χ4n) is 4.17. The number of urea groups is 1. The van der Waals surface area contributed by atoms with Gasteiger partial charge in [-0.1, -0.05) is 18.2 Å². The van der Waals surface area contributed by atoms with Gasteiger partial charge in [-0.25, -0.2) is 18.0 Å². The molecule has 0 unspecified atom stereocenters. The highest BCUT2D eigenvalue weighted by molar-refractivity contribution is 5.90. The fraction of sp³-hybridized carbons (Fsp3) is 0.409. The molecule has 0 aromatic heterocycles. The first-order chi connectivity index (χ1) is 14.4. The number of rotatable bonds is 4. The molecule has 5 nitrogen and oxygen atoms in total. The first-order valence-electron chi connectivity index (χ1n) is 9.90. The molecule has 4 rings (SSSR count). The van der Waals surface area contributed by atoms with E-state index in [1.54, 1.807) is 6.07 Å². The molecule has 3 N–H and O–H groups in total. The summed E-state index contributed by atoms with van der Waals surface area (Å²) in [5.74, 6) is -0.581. The highest BCUT2D eigenvalue weighted by Crippen LogP contribution is 2.41. The Balaban J connectivity index is 1.56. The van der Waals surface area contributed by atoms with Crippen LogP contribution in [0.15, 0.2) is 36.4 Å². The van der Waals surface area contributed by atoms with Gasteiger partial charge in [-0.2, -0.15) is 0 Å². The molecule has 30 heavy (non-hydrogen) atoms. The van der Waals surface area contributed by atoms with Crippen LogP contribution in [0, 0.1) is 5.82 Å². The van der Waals surface area contributed by atoms with Crippen LogP contribution >= 0.6 is 0 Å². The van der Waals surface area contributed by atoms with Gasteiger partial charge in [0.05, 0.1) is 12.1 Å². The third kappa shape index (κ3) is 3.96. The molecule has 2 aromatic rings. The Hall–Kier alpha value is -2.74. The SMILES string of the molecule is O=C(Nc1cccc2c1C[C@H](O)CC2)N[C@@H]1CC(CF)(CF)Oc2cc(F)ccc21. The molecule has 160 valence electrons. The van der Waals surface area contributed by atoms with E-state index in [4.69, 9.17) is 4.74 Å². The molecule has 0 saturated heterocycles. The average Bonchev–Trinajstić information content (AvgIpc) is 2.73. The van der Waals surface area contributed by atoms with Gasteiger partial charge in [0.25, 0.3) is 0 Å². The van der Waals surface area contributed by atoms with Crippen molar-refractivity contribution in [2.75, 3.05) is 18.7 Å². The Kier molecular flexibility index (Phi) is 5.60. The van der Waals surface area contributed by atoms with Gasteiger partial charge < -0.3 is 20.5 Å². The molecule has 1 heterocycles. The maximum Gasteiger partial charge on any atom is 0.319 e. The number of fused-ring (bicyclic) bond motifs is 2. The predicted octanol–water partition coefficient (Wildman–Crippen LogP) is 4.00. The normalized spacial score (nSPS) is 21.7. The summed E-state index contributed by atoms with van der Waals surface area (Å²) in [5, 5.41) is 15.5. The van der Waals surface area contributed by atoms with Gasteiger partial charge in [-0.3, -0.25) is 0 Å². The Morgan fingerprint density at radius 2 is 2.03 bits per heavy atom. The van der Waals surface area contributed by atoms with E-state index in [0.29, 0.717) is 24.1 Å². The molecule has 1 aliphatic carbocycles. The monoisotopic (exact) mass is 420 g/mol. The van der Waals surface area contributed by atoms with E-state index >= 15 is 0 Å². The average molecular weight is 420 g/mol. The van der Waals surface area contributed by atoms with Crippen molar-refractivity contribution in [3.63, 3.8) is 0 Å². The number of hydrogen-bond donors (Lipinski definition) is 3. The number of carbonyl (C=O) groups is 1. The molecule has 0 saturated carbocycles. The number of aliphatic hydroxyl groups excluding tert-OH is 1. The van der Waals surface area contributed by atoms with Gasteiger partial charge in [0.2, 0.25) is 0 Å². The highest BCUT2D eigenvalue weighted by Gasteiger charge is 2.42. The Labute approximate surface area is 172 Å². The number of benzene rings is 2. The van der Waals surface area contributed by atoms with Crippen molar-refractivity contribution >= 4 is 11.7 Å². The molecule has 0 spiro atoms. The largest absolute Gasteiger partial charge is 0.481 e. The minimum Gasteiger partial charge on any atom is -0.481 e. The summed E-state index contributed by atoms with van der Waals surface area (Å²) in [6.45, 7) is -2.22. The summed E-state index contributed by atoms with van der Waals surface area (Å²) in [7, 11) is 0. The van der Waals surface area contributed by atoms with Crippen molar-refractivity contribution in [2.45, 2.75) is 43.4 Å². The van der Waals surface area contributed by atoms with Gasteiger partial charge in [-0.05, 0) is 36.1 Å². The zero-order chi connectivity index (χ0) is 21.3. The van der Waals surface area contributed by atoms with Gasteiger partial charge in [-0.15, -0.1) is 0 Å². The molecule has 0 radical (unpaired) electrons. The summed E-state index contributed by atoms with van der Waals surface area (Å²) < 4.78 is 46.3. The molecule has 8 heteroatoms. The third-order valence-corrected chi connectivity index (χ3v) is 5.75. The number of halogens is 3. The van der Waals surface area contributed by atoms with Crippen molar-refractivity contribution in [1.82, 2.24) is 5.32 Å². The zero-order valence-corrected chi connectivity index (χ0v) is 16.3. The molecular weight excluding hydrogens is 397 g/mol. The fourth-order valence-corrected chi connectivity index (χ4v) is 4.17. The molecule has 0 fully saturated rings. The molecule has 0 bridgehead atoms. The van der Waals surface area contributed by atoms with Gasteiger partial charge in [0.15, 0.2) is 5.60 Å². The Morgan fingerprint density at radius 3 is 2.80 bits per heavy atom. The van der Waals surface area contributed by atoms with Crippen LogP contribution in [-0.4, -0.2) is 36.2 Å². The molecule has 2 aliphatic rings. The van der Waals surface area contributed by atoms with E-state index < -0.39 is 42.9 Å². The zero-order valence-electron chi connectivity index (χ0n) is 16.3. The topological polar surface area (TPSA) is 70.6 Å². The smallest absolute Gasteiger partial charge is 0.319 e. The minimum atomic E-state index is -1.77. The lowest BCUT2D eigenvalue weighted by Crippen LogP contribution is -2.49. The van der Waals surface area contributed by atoms with Crippen LogP contribution in [-0.2, 0) is 12.8 Å². The number of alkyl halides is 2. The van der Waals surface area contributed by atoms with E-state index in [0.717, 1.165) is 23.6 Å². The van der Waals surface area contributed by atoms with Crippen LogP contribution in [0.25, 0.3) is 0 Å². The second-order valence-corrected chi connectivity index (χ2v) is 7.93. The number of anilines is 1. The van der Waals surface area contributed by atoms with Crippen LogP contribution in [0.4, 0.5) is 23.7 Å². The maximum absolute atomic E-state index is 13.6. The van der Waals surface area contributed by atoms with Crippen LogP contribution in [0.5, 0.6) is 5.75 Å². The van der Waals surface area contributed by atoms with Crippen molar-refractivity contribution < 1.29 is 27.8 Å². The summed E-state index contributed by atoms with van der Waals surface area (Å²) in [6, 6.07) is 7.94. The van der Waals surface area contributed by atoms with Gasteiger partial charge in [0.1, 0.15) is 24.9 Å². The molecule has 1 aliphatic heterocycles. The van der Waals surface area contributed by atoms with Crippen molar-refractivity contribution in [2.24, 2.45) is 0 Å². The lowest BCUT2D eigenvalue weighted by atomic mass is 9.88. The summed E-state index contributed by atoms with van der Waals surface area (Å²) in [6.07, 6.45) is 1.25. The van der Waals surface area contributed by atoms with E-state index in [2.05, 4.69) is 10.6 Å². The Bertz CT molecular complexity index is 949. The van der Waals surface area contributed by atoms with Crippen LogP contribution in [0.3, 0.4) is 0 Å². The number of carbonyl (C=O) groups excluding carboxylic acids is 1. The van der Waals surface area contributed by atoms with Crippen LogP contribution in [0.2, 0.25) is 0 Å². The van der Waals surface area contributed by atoms with Crippen LogP contribution in [0.1, 0.15) is 35.6 Å². The highest BCUT2D eigenvalue weighted by atomic mass is 19.1. The van der Waals surface area contributed by atoms with Crippen molar-refractivity contribution in [1.29, 1.82) is 0 Å². The molecule has 2 aromatic carbocycles. The number of aryl methyl sites for hydroxylation is 1. The lowest BCUT2D eigenvalue weighted by molar-refractivity contribution is -0.0107. The van der Waals surface area contributed by atoms with Crippen molar-refractivity contribution in [3.8, 4) is 5.75 Å². The second-order valence-electron chi connectivity index (χ2n) is 7.93. The standard InChI is InChI=1S/C22H23F3N2O3/c23-11-22(12-24)10-19(16-7-5-14(25)8-20(16)30-22)27-21(29)26-18-3-1-2-13-4-6-15(28)9-17(13)18/h1-3,5,7-8,15,19,28H,4,6,9-12H2,(H2,26,27,29)/t15-,19-/m1/s1. The quantitative estimate of drug-likeness (QED) is 0.700. The summed E-state index contributed by atoms with van der Waals surface area (Å²) in [4.78, 5) is 12.7. The van der Waals surface area contributed by atoms with E-state index in [-0.39, 0.29) is 12.2 Å². The molecular formula is C22H23F3N2O3. The van der Waals surface area contributed by atoms with Gasteiger partial charge in [0, 0.05) is 30.2 Å². The number of ether oxygens (including phenoxy) is 1. The minimum absolute atomic E-state index is 0.0158. The van der Waals surface area contributed by atoms with Gasteiger partial charge >= 0.3 is 6.03 Å². The second kappa shape index (κ2) is 8.18. The summed E-state index contributed by atoms with van der Waals surface area (Å²) >= 11 is 0. The number of hydrogen-bond acceptors (Lipinski definition) is 3. The number of aliphatic hydroxyl groups is 1. The molecule has 2 amide bonds. The number of nitrogens with one attached hydrogen (secondary N) is 2. The maximum atomic E-state index is 13.6. The van der Waals surface area contributed by atoms with E-state index in [1.165, 1.54) is 12.1 Å². The lowest BCUT2D eigenvalue weighted by Gasteiger charge is -2.39. The van der Waals surface area contributed by atoms with E-state index in [1.807, 2.05) is 12.1 Å². The first-order valence-corrected chi connectivity index (χ1v) is 9.90. The Morgan fingerprint density at radius 1 is 1.23 bits per heavy atom. The number of amides is 2. The van der Waals surface area contributed by atoms with E-state index in [9.17, 15) is 23.1 Å².